The molecule has 0 saturated heterocycles. The largest absolute Gasteiger partial charge is 0.470 e. The van der Waals surface area contributed by atoms with Crippen LogP contribution in [-0.2, 0) is 0 Å². The van der Waals surface area contributed by atoms with Gasteiger partial charge in [0.05, 0.1) is 5.69 Å². The second kappa shape index (κ2) is 6.61. The van der Waals surface area contributed by atoms with Gasteiger partial charge in [0.15, 0.2) is 0 Å². The van der Waals surface area contributed by atoms with Crippen molar-refractivity contribution >= 4 is 11.5 Å². The van der Waals surface area contributed by atoms with E-state index in [4.69, 9.17) is 15.6 Å². The van der Waals surface area contributed by atoms with Crippen LogP contribution in [-0.4, -0.2) is 28.3 Å². The first-order valence-corrected chi connectivity index (χ1v) is 6.68. The molecular weight excluding hydrogens is 242 g/mol. The lowest BCUT2D eigenvalue weighted by Gasteiger charge is -2.22. The summed E-state index contributed by atoms with van der Waals surface area (Å²) in [6.45, 7) is 8.08. The van der Waals surface area contributed by atoms with Gasteiger partial charge in [-0.3, -0.25) is 0 Å². The van der Waals surface area contributed by atoms with Crippen LogP contribution < -0.4 is 15.8 Å². The highest BCUT2D eigenvalue weighted by molar-refractivity contribution is 5.54. The van der Waals surface area contributed by atoms with Crippen LogP contribution in [0, 0.1) is 0 Å². The van der Waals surface area contributed by atoms with Gasteiger partial charge in [-0.1, -0.05) is 6.92 Å². The Hall–Kier alpha value is -1.49. The van der Waals surface area contributed by atoms with Crippen molar-refractivity contribution in [2.75, 3.05) is 17.7 Å². The van der Waals surface area contributed by atoms with Crippen molar-refractivity contribution in [3.63, 3.8) is 0 Å². The zero-order valence-electron chi connectivity index (χ0n) is 12.2. The SMILES string of the molecule is CCC(CCO)Nc1ccc(N)c(OC(C)(C)C)n1. The van der Waals surface area contributed by atoms with E-state index in [0.717, 1.165) is 6.42 Å². The molecule has 0 aliphatic heterocycles. The predicted molar refractivity (Wildman–Crippen MR) is 78.4 cm³/mol. The maximum Gasteiger partial charge on any atom is 0.239 e. The second-order valence-electron chi connectivity index (χ2n) is 5.57. The first-order valence-electron chi connectivity index (χ1n) is 6.68. The molecule has 0 aliphatic rings. The summed E-state index contributed by atoms with van der Waals surface area (Å²) in [6.07, 6.45) is 1.61. The molecular formula is C14H25N3O2. The van der Waals surface area contributed by atoms with E-state index >= 15 is 0 Å². The molecule has 1 unspecified atom stereocenters. The average molecular weight is 267 g/mol. The first-order chi connectivity index (χ1) is 8.85. The summed E-state index contributed by atoms with van der Waals surface area (Å²) in [5.41, 5.74) is 6.05. The Kier molecular flexibility index (Phi) is 5.42. The maximum absolute atomic E-state index is 8.99. The summed E-state index contributed by atoms with van der Waals surface area (Å²) in [5.74, 6) is 1.16. The van der Waals surface area contributed by atoms with Gasteiger partial charge in [-0.15, -0.1) is 0 Å². The van der Waals surface area contributed by atoms with Crippen molar-refractivity contribution in [2.24, 2.45) is 0 Å². The van der Waals surface area contributed by atoms with E-state index in [2.05, 4.69) is 17.2 Å². The van der Waals surface area contributed by atoms with E-state index in [-0.39, 0.29) is 18.2 Å². The van der Waals surface area contributed by atoms with Gasteiger partial charge in [-0.05, 0) is 45.7 Å². The lowest BCUT2D eigenvalue weighted by Crippen LogP contribution is -2.25. The number of anilines is 2. The van der Waals surface area contributed by atoms with Gasteiger partial charge in [-0.2, -0.15) is 4.98 Å². The van der Waals surface area contributed by atoms with E-state index < -0.39 is 0 Å². The van der Waals surface area contributed by atoms with Crippen LogP contribution in [0.3, 0.4) is 0 Å². The van der Waals surface area contributed by atoms with Crippen LogP contribution in [0.4, 0.5) is 11.5 Å². The third kappa shape index (κ3) is 5.34. The number of hydrogen-bond donors (Lipinski definition) is 3. The van der Waals surface area contributed by atoms with Gasteiger partial charge in [0.1, 0.15) is 11.4 Å². The molecule has 1 rings (SSSR count). The Morgan fingerprint density at radius 2 is 2.11 bits per heavy atom. The van der Waals surface area contributed by atoms with E-state index in [1.807, 2.05) is 26.8 Å². The van der Waals surface area contributed by atoms with Crippen molar-refractivity contribution < 1.29 is 9.84 Å². The minimum absolute atomic E-state index is 0.159. The molecule has 4 N–H and O–H groups in total. The Bertz CT molecular complexity index is 402. The highest BCUT2D eigenvalue weighted by Crippen LogP contribution is 2.25. The van der Waals surface area contributed by atoms with E-state index in [0.29, 0.717) is 23.8 Å². The summed E-state index contributed by atoms with van der Waals surface area (Å²) in [4.78, 5) is 4.39. The maximum atomic E-state index is 8.99. The number of aromatic nitrogens is 1. The smallest absolute Gasteiger partial charge is 0.239 e. The van der Waals surface area contributed by atoms with E-state index in [1.54, 1.807) is 6.07 Å². The van der Waals surface area contributed by atoms with Gasteiger partial charge in [0, 0.05) is 12.6 Å². The fourth-order valence-electron chi connectivity index (χ4n) is 1.65. The summed E-state index contributed by atoms with van der Waals surface area (Å²) in [6, 6.07) is 3.80. The van der Waals surface area contributed by atoms with Crippen LogP contribution in [0.25, 0.3) is 0 Å². The minimum Gasteiger partial charge on any atom is -0.470 e. The molecule has 0 bridgehead atoms. The molecule has 0 fully saturated rings. The van der Waals surface area contributed by atoms with Gasteiger partial charge >= 0.3 is 0 Å². The fraction of sp³-hybridized carbons (Fsp3) is 0.643. The number of nitrogens with one attached hydrogen (secondary N) is 1. The topological polar surface area (TPSA) is 80.4 Å². The molecule has 5 heteroatoms. The van der Waals surface area contributed by atoms with Gasteiger partial charge in [0.2, 0.25) is 5.88 Å². The molecule has 0 spiro atoms. The molecule has 1 aromatic rings. The lowest BCUT2D eigenvalue weighted by atomic mass is 10.1. The number of rotatable bonds is 6. The number of nitrogens with two attached hydrogens (primary N) is 1. The Balaban J connectivity index is 2.83. The van der Waals surface area contributed by atoms with Crippen LogP contribution in [0.2, 0.25) is 0 Å². The molecule has 5 nitrogen and oxygen atoms in total. The van der Waals surface area contributed by atoms with Crippen LogP contribution in [0.1, 0.15) is 40.5 Å². The number of pyridine rings is 1. The summed E-state index contributed by atoms with van der Waals surface area (Å²) in [5, 5.41) is 12.3. The number of nitrogens with zero attached hydrogens (tertiary/aromatic N) is 1. The number of nitrogen functional groups attached to an aromatic ring is 1. The quantitative estimate of drug-likeness (QED) is 0.737. The van der Waals surface area contributed by atoms with Gasteiger partial charge < -0.3 is 20.9 Å². The van der Waals surface area contributed by atoms with Crippen LogP contribution >= 0.6 is 0 Å². The number of aliphatic hydroxyl groups is 1. The van der Waals surface area contributed by atoms with E-state index in [9.17, 15) is 0 Å². The molecule has 19 heavy (non-hydrogen) atoms. The number of hydrogen-bond acceptors (Lipinski definition) is 5. The molecule has 0 amide bonds. The molecule has 108 valence electrons. The Morgan fingerprint density at radius 1 is 1.42 bits per heavy atom. The average Bonchev–Trinajstić information content (AvgIpc) is 2.31. The molecule has 0 saturated carbocycles. The van der Waals surface area contributed by atoms with Crippen LogP contribution in [0.5, 0.6) is 5.88 Å². The summed E-state index contributed by atoms with van der Waals surface area (Å²) >= 11 is 0. The zero-order valence-corrected chi connectivity index (χ0v) is 12.2. The highest BCUT2D eigenvalue weighted by Gasteiger charge is 2.16. The normalized spacial score (nSPS) is 13.1. The van der Waals surface area contributed by atoms with Gasteiger partial charge in [0.25, 0.3) is 0 Å². The fourth-order valence-corrected chi connectivity index (χ4v) is 1.65. The number of aliphatic hydroxyl groups excluding tert-OH is 1. The first kappa shape index (κ1) is 15.6. The Labute approximate surface area is 115 Å². The third-order valence-electron chi connectivity index (χ3n) is 2.61. The van der Waals surface area contributed by atoms with Crippen molar-refractivity contribution in [1.29, 1.82) is 0 Å². The van der Waals surface area contributed by atoms with Crippen molar-refractivity contribution in [3.8, 4) is 5.88 Å². The van der Waals surface area contributed by atoms with E-state index in [1.165, 1.54) is 0 Å². The molecule has 1 atom stereocenters. The van der Waals surface area contributed by atoms with Crippen molar-refractivity contribution in [1.82, 2.24) is 4.98 Å². The monoisotopic (exact) mass is 267 g/mol. The molecule has 1 heterocycles. The van der Waals surface area contributed by atoms with Crippen molar-refractivity contribution in [2.45, 2.75) is 52.2 Å². The summed E-state index contributed by atoms with van der Waals surface area (Å²) in [7, 11) is 0. The molecule has 1 aromatic heterocycles. The predicted octanol–water partition coefficient (Wildman–Crippen LogP) is 2.41. The number of ether oxygens (including phenoxy) is 1. The highest BCUT2D eigenvalue weighted by atomic mass is 16.5. The van der Waals surface area contributed by atoms with Crippen molar-refractivity contribution in [3.05, 3.63) is 12.1 Å². The Morgan fingerprint density at radius 3 is 2.63 bits per heavy atom. The minimum atomic E-state index is -0.338. The third-order valence-corrected chi connectivity index (χ3v) is 2.61. The van der Waals surface area contributed by atoms with Gasteiger partial charge in [-0.25, -0.2) is 0 Å². The lowest BCUT2D eigenvalue weighted by molar-refractivity contribution is 0.125. The zero-order chi connectivity index (χ0) is 14.5. The summed E-state index contributed by atoms with van der Waals surface area (Å²) < 4.78 is 5.72. The standard InChI is InChI=1S/C14H25N3O2/c1-5-10(8-9-18)16-12-7-6-11(15)13(17-12)19-14(2,3)4/h6-7,10,18H,5,8-9,15H2,1-4H3,(H,16,17). The molecule has 0 radical (unpaired) electrons. The molecule has 0 aromatic carbocycles. The van der Waals surface area contributed by atoms with Crippen LogP contribution in [0.15, 0.2) is 12.1 Å². The molecule has 0 aliphatic carbocycles. The second-order valence-corrected chi connectivity index (χ2v) is 5.57.